The van der Waals surface area contributed by atoms with Gasteiger partial charge in [0.25, 0.3) is 0 Å². The molecule has 1 nitrogen and oxygen atoms in total. The second-order valence-electron chi connectivity index (χ2n) is 3.90. The number of benzene rings is 1. The van der Waals surface area contributed by atoms with Crippen molar-refractivity contribution in [3.05, 3.63) is 29.0 Å². The maximum Gasteiger partial charge on any atom is 0.146 e. The second kappa shape index (κ2) is 5.96. The van der Waals surface area contributed by atoms with Gasteiger partial charge < -0.3 is 5.32 Å². The van der Waals surface area contributed by atoms with Gasteiger partial charge in [-0.2, -0.15) is 0 Å². The number of nitrogens with one attached hydrogen (secondary N) is 1. The largest absolute Gasteiger partial charge is 0.382 e. The van der Waals surface area contributed by atoms with Gasteiger partial charge in [0.2, 0.25) is 0 Å². The van der Waals surface area contributed by atoms with E-state index in [0.29, 0.717) is 16.6 Å². The lowest BCUT2D eigenvalue weighted by Crippen LogP contribution is -2.11. The van der Waals surface area contributed by atoms with E-state index in [1.54, 1.807) is 12.1 Å². The van der Waals surface area contributed by atoms with Gasteiger partial charge in [-0.3, -0.25) is 0 Å². The van der Waals surface area contributed by atoms with Crippen LogP contribution in [-0.2, 0) is 0 Å². The van der Waals surface area contributed by atoms with E-state index in [9.17, 15) is 4.39 Å². The van der Waals surface area contributed by atoms with Crippen LogP contribution in [0.2, 0.25) is 5.02 Å². The standard InChI is InChI=1S/C12H17ClFN/c1-3-4-9(2)8-15-12-7-10(13)5-6-11(12)14/h5-7,9,15H,3-4,8H2,1-2H3. The van der Waals surface area contributed by atoms with Crippen LogP contribution in [0, 0.1) is 11.7 Å². The van der Waals surface area contributed by atoms with E-state index in [1.165, 1.54) is 6.07 Å². The molecule has 0 amide bonds. The molecule has 84 valence electrons. The predicted octanol–water partition coefficient (Wildman–Crippen LogP) is 4.33. The average Bonchev–Trinajstić information content (AvgIpc) is 2.20. The number of halogens is 2. The van der Waals surface area contributed by atoms with Gasteiger partial charge in [0.1, 0.15) is 5.82 Å². The van der Waals surface area contributed by atoms with E-state index in [-0.39, 0.29) is 5.82 Å². The normalized spacial score (nSPS) is 12.5. The third kappa shape index (κ3) is 4.08. The third-order valence-electron chi connectivity index (χ3n) is 2.35. The molecule has 1 aromatic carbocycles. The summed E-state index contributed by atoms with van der Waals surface area (Å²) in [4.78, 5) is 0. The molecule has 0 heterocycles. The topological polar surface area (TPSA) is 12.0 Å². The quantitative estimate of drug-likeness (QED) is 0.793. The molecule has 0 radical (unpaired) electrons. The van der Waals surface area contributed by atoms with Crippen LogP contribution in [0.3, 0.4) is 0 Å². The van der Waals surface area contributed by atoms with Gasteiger partial charge in [0.05, 0.1) is 5.69 Å². The van der Waals surface area contributed by atoms with Crippen LogP contribution in [0.5, 0.6) is 0 Å². The molecular formula is C12H17ClFN. The highest BCUT2D eigenvalue weighted by Crippen LogP contribution is 2.20. The Hall–Kier alpha value is -0.760. The van der Waals surface area contributed by atoms with Crippen LogP contribution in [0.25, 0.3) is 0 Å². The molecule has 0 aliphatic rings. The van der Waals surface area contributed by atoms with Gasteiger partial charge in [0.15, 0.2) is 0 Å². The summed E-state index contributed by atoms with van der Waals surface area (Å²) in [5.41, 5.74) is 0.491. The lowest BCUT2D eigenvalue weighted by atomic mass is 10.1. The van der Waals surface area contributed by atoms with Crippen LogP contribution in [0.4, 0.5) is 10.1 Å². The van der Waals surface area contributed by atoms with E-state index in [4.69, 9.17) is 11.6 Å². The zero-order valence-corrected chi connectivity index (χ0v) is 9.94. The molecule has 0 fully saturated rings. The molecule has 0 spiro atoms. The van der Waals surface area contributed by atoms with E-state index < -0.39 is 0 Å². The number of rotatable bonds is 5. The molecule has 3 heteroatoms. The van der Waals surface area contributed by atoms with Crippen molar-refractivity contribution in [3.8, 4) is 0 Å². The van der Waals surface area contributed by atoms with E-state index in [0.717, 1.165) is 19.4 Å². The molecule has 1 unspecified atom stereocenters. The van der Waals surface area contributed by atoms with Crippen molar-refractivity contribution in [2.24, 2.45) is 5.92 Å². The van der Waals surface area contributed by atoms with Crippen LogP contribution in [-0.4, -0.2) is 6.54 Å². The van der Waals surface area contributed by atoms with Crippen molar-refractivity contribution in [2.75, 3.05) is 11.9 Å². The summed E-state index contributed by atoms with van der Waals surface area (Å²) in [7, 11) is 0. The van der Waals surface area contributed by atoms with Crippen molar-refractivity contribution >= 4 is 17.3 Å². The minimum Gasteiger partial charge on any atom is -0.382 e. The average molecular weight is 230 g/mol. The molecule has 0 aromatic heterocycles. The zero-order valence-electron chi connectivity index (χ0n) is 9.19. The maximum absolute atomic E-state index is 13.3. The van der Waals surface area contributed by atoms with E-state index >= 15 is 0 Å². The summed E-state index contributed by atoms with van der Waals surface area (Å²) in [5.74, 6) is 0.302. The lowest BCUT2D eigenvalue weighted by molar-refractivity contribution is 0.547. The van der Waals surface area contributed by atoms with Gasteiger partial charge in [-0.15, -0.1) is 0 Å². The molecule has 1 aromatic rings. The Morgan fingerprint density at radius 1 is 1.47 bits per heavy atom. The summed E-state index contributed by atoms with van der Waals surface area (Å²) in [6, 6.07) is 4.56. The van der Waals surface area contributed by atoms with Crippen molar-refractivity contribution in [1.29, 1.82) is 0 Å². The molecule has 0 aliphatic carbocycles. The van der Waals surface area contributed by atoms with Gasteiger partial charge in [-0.25, -0.2) is 4.39 Å². The van der Waals surface area contributed by atoms with Crippen molar-refractivity contribution in [3.63, 3.8) is 0 Å². The Bertz CT molecular complexity index is 314. The number of hydrogen-bond acceptors (Lipinski definition) is 1. The molecule has 0 saturated heterocycles. The number of hydrogen-bond donors (Lipinski definition) is 1. The third-order valence-corrected chi connectivity index (χ3v) is 2.59. The zero-order chi connectivity index (χ0) is 11.3. The fraction of sp³-hybridized carbons (Fsp3) is 0.500. The van der Waals surface area contributed by atoms with Gasteiger partial charge in [0, 0.05) is 11.6 Å². The van der Waals surface area contributed by atoms with Crippen LogP contribution in [0.1, 0.15) is 26.7 Å². The first kappa shape index (κ1) is 12.3. The first-order valence-electron chi connectivity index (χ1n) is 5.32. The molecule has 1 rings (SSSR count). The summed E-state index contributed by atoms with van der Waals surface area (Å²) >= 11 is 5.79. The predicted molar refractivity (Wildman–Crippen MR) is 64.0 cm³/mol. The van der Waals surface area contributed by atoms with Crippen molar-refractivity contribution in [2.45, 2.75) is 26.7 Å². The summed E-state index contributed by atoms with van der Waals surface area (Å²) in [6.07, 6.45) is 2.30. The Labute approximate surface area is 95.6 Å². The SMILES string of the molecule is CCCC(C)CNc1cc(Cl)ccc1F. The summed E-state index contributed by atoms with van der Waals surface area (Å²) in [5, 5.41) is 3.64. The first-order chi connectivity index (χ1) is 7.13. The van der Waals surface area contributed by atoms with Gasteiger partial charge in [-0.1, -0.05) is 31.9 Å². The Kier molecular flexibility index (Phi) is 4.89. The van der Waals surface area contributed by atoms with Gasteiger partial charge >= 0.3 is 0 Å². The van der Waals surface area contributed by atoms with Crippen LogP contribution in [0.15, 0.2) is 18.2 Å². The first-order valence-corrected chi connectivity index (χ1v) is 5.70. The highest BCUT2D eigenvalue weighted by atomic mass is 35.5. The highest BCUT2D eigenvalue weighted by Gasteiger charge is 2.04. The summed E-state index contributed by atoms with van der Waals surface area (Å²) in [6.45, 7) is 5.08. The molecule has 1 atom stereocenters. The highest BCUT2D eigenvalue weighted by molar-refractivity contribution is 6.30. The summed E-state index contributed by atoms with van der Waals surface area (Å²) < 4.78 is 13.3. The number of anilines is 1. The van der Waals surface area contributed by atoms with E-state index in [1.807, 2.05) is 0 Å². The fourth-order valence-electron chi connectivity index (χ4n) is 1.51. The Balaban J connectivity index is 2.53. The monoisotopic (exact) mass is 229 g/mol. The van der Waals surface area contributed by atoms with Crippen LogP contribution < -0.4 is 5.32 Å². The minimum absolute atomic E-state index is 0.247. The second-order valence-corrected chi connectivity index (χ2v) is 4.34. The smallest absolute Gasteiger partial charge is 0.146 e. The minimum atomic E-state index is -0.247. The molecule has 0 bridgehead atoms. The molecule has 1 N–H and O–H groups in total. The fourth-order valence-corrected chi connectivity index (χ4v) is 1.68. The molecular weight excluding hydrogens is 213 g/mol. The molecule has 0 aliphatic heterocycles. The van der Waals surface area contributed by atoms with Crippen molar-refractivity contribution < 1.29 is 4.39 Å². The lowest BCUT2D eigenvalue weighted by Gasteiger charge is -2.13. The molecule has 15 heavy (non-hydrogen) atoms. The van der Waals surface area contributed by atoms with Gasteiger partial charge in [-0.05, 0) is 30.5 Å². The van der Waals surface area contributed by atoms with E-state index in [2.05, 4.69) is 19.2 Å². The molecule has 0 saturated carbocycles. The van der Waals surface area contributed by atoms with Crippen molar-refractivity contribution in [1.82, 2.24) is 0 Å². The van der Waals surface area contributed by atoms with Crippen LogP contribution >= 0.6 is 11.6 Å². The Morgan fingerprint density at radius 2 is 2.20 bits per heavy atom. The Morgan fingerprint density at radius 3 is 2.87 bits per heavy atom. The maximum atomic E-state index is 13.3.